The predicted octanol–water partition coefficient (Wildman–Crippen LogP) is 4.02. The molecule has 3 aromatic rings. The van der Waals surface area contributed by atoms with E-state index in [1.54, 1.807) is 47.5 Å². The molecule has 0 saturated carbocycles. The van der Waals surface area contributed by atoms with Crippen molar-refractivity contribution in [3.63, 3.8) is 0 Å². The number of pyridine rings is 2. The number of piperidine rings is 1. The van der Waals surface area contributed by atoms with E-state index in [0.29, 0.717) is 47.0 Å². The van der Waals surface area contributed by atoms with Crippen molar-refractivity contribution < 1.29 is 9.53 Å². The summed E-state index contributed by atoms with van der Waals surface area (Å²) >= 11 is 0. The number of benzene rings is 1. The third-order valence-corrected chi connectivity index (χ3v) is 5.84. The molecule has 1 unspecified atom stereocenters. The molecule has 1 fully saturated rings. The first-order chi connectivity index (χ1) is 17.5. The molecule has 1 aliphatic heterocycles. The number of rotatable bonds is 7. The van der Waals surface area contributed by atoms with E-state index in [-0.39, 0.29) is 23.4 Å². The molecule has 36 heavy (non-hydrogen) atoms. The zero-order valence-electron chi connectivity index (χ0n) is 19.4. The Hall–Kier alpha value is -5.02. The summed E-state index contributed by atoms with van der Waals surface area (Å²) in [5.74, 6) is 0.712. The molecule has 1 saturated heterocycles. The summed E-state index contributed by atoms with van der Waals surface area (Å²) in [4.78, 5) is 22.0. The molecule has 9 nitrogen and oxygen atoms in total. The van der Waals surface area contributed by atoms with E-state index in [2.05, 4.69) is 27.9 Å². The van der Waals surface area contributed by atoms with E-state index in [9.17, 15) is 15.3 Å². The third kappa shape index (κ3) is 5.21. The summed E-state index contributed by atoms with van der Waals surface area (Å²) in [5, 5.41) is 31.1. The van der Waals surface area contributed by atoms with Gasteiger partial charge in [0.05, 0.1) is 17.0 Å². The molecule has 0 radical (unpaired) electrons. The molecule has 4 rings (SSSR count). The van der Waals surface area contributed by atoms with Crippen LogP contribution in [-0.2, 0) is 4.79 Å². The molecule has 2 N–H and O–H groups in total. The normalized spacial score (nSPS) is 14.7. The lowest BCUT2D eigenvalue weighted by atomic mass is 9.98. The Bertz CT molecular complexity index is 1390. The monoisotopic (exact) mass is 477 g/mol. The van der Waals surface area contributed by atoms with Crippen LogP contribution in [0, 0.1) is 28.1 Å². The fourth-order valence-corrected chi connectivity index (χ4v) is 4.05. The predicted molar refractivity (Wildman–Crippen MR) is 134 cm³/mol. The standard InChI is InChI=1S/C27H23N7O2/c1-2-25(35)34-12-4-5-20(17-34)33-27-19(13-28)15-31-16-22(27)26(30)18-7-9-21(10-8-18)36-24-6-3-11-32-23(24)14-29/h2-3,6-11,15-16,20,30H,1,4-5,12,17H2,(H,31,33). The van der Waals surface area contributed by atoms with Gasteiger partial charge in [-0.3, -0.25) is 15.2 Å². The zero-order chi connectivity index (χ0) is 25.5. The van der Waals surface area contributed by atoms with Crippen LogP contribution in [-0.4, -0.2) is 45.6 Å². The molecule has 0 spiro atoms. The summed E-state index contributed by atoms with van der Waals surface area (Å²) in [6.07, 6.45) is 7.49. The minimum Gasteiger partial charge on any atom is -0.454 e. The minimum absolute atomic E-state index is 0.0757. The number of nitriles is 2. The van der Waals surface area contributed by atoms with Crippen molar-refractivity contribution in [2.24, 2.45) is 0 Å². The van der Waals surface area contributed by atoms with Gasteiger partial charge in [0.1, 0.15) is 17.9 Å². The van der Waals surface area contributed by atoms with Crippen molar-refractivity contribution in [2.75, 3.05) is 18.4 Å². The van der Waals surface area contributed by atoms with Crippen LogP contribution in [0.25, 0.3) is 0 Å². The largest absolute Gasteiger partial charge is 0.454 e. The van der Waals surface area contributed by atoms with Crippen molar-refractivity contribution in [1.29, 1.82) is 15.9 Å². The fourth-order valence-electron chi connectivity index (χ4n) is 4.05. The van der Waals surface area contributed by atoms with Gasteiger partial charge in [-0.25, -0.2) is 4.98 Å². The Morgan fingerprint density at radius 2 is 2.03 bits per heavy atom. The molecule has 1 atom stereocenters. The van der Waals surface area contributed by atoms with Gasteiger partial charge >= 0.3 is 0 Å². The number of amides is 1. The van der Waals surface area contributed by atoms with E-state index in [1.807, 2.05) is 6.07 Å². The molecular weight excluding hydrogens is 454 g/mol. The number of anilines is 1. The second-order valence-electron chi connectivity index (χ2n) is 8.16. The summed E-state index contributed by atoms with van der Waals surface area (Å²) in [7, 11) is 0. The quantitative estimate of drug-likeness (QED) is 0.387. The lowest BCUT2D eigenvalue weighted by Gasteiger charge is -2.33. The van der Waals surface area contributed by atoms with Crippen LogP contribution in [0.2, 0.25) is 0 Å². The van der Waals surface area contributed by atoms with Gasteiger partial charge < -0.3 is 15.0 Å². The second-order valence-corrected chi connectivity index (χ2v) is 8.16. The Kier molecular flexibility index (Phi) is 7.33. The number of hydrogen-bond donors (Lipinski definition) is 2. The van der Waals surface area contributed by atoms with Gasteiger partial charge in [-0.2, -0.15) is 10.5 Å². The van der Waals surface area contributed by atoms with E-state index in [0.717, 1.165) is 12.8 Å². The lowest BCUT2D eigenvalue weighted by molar-refractivity contribution is -0.127. The van der Waals surface area contributed by atoms with Gasteiger partial charge in [0.15, 0.2) is 11.4 Å². The van der Waals surface area contributed by atoms with Gasteiger partial charge in [0.2, 0.25) is 5.91 Å². The van der Waals surface area contributed by atoms with Crippen molar-refractivity contribution in [1.82, 2.24) is 14.9 Å². The van der Waals surface area contributed by atoms with E-state index < -0.39 is 0 Å². The minimum atomic E-state index is -0.125. The van der Waals surface area contributed by atoms with Gasteiger partial charge in [-0.05, 0) is 55.3 Å². The average Bonchev–Trinajstić information content (AvgIpc) is 2.93. The van der Waals surface area contributed by atoms with Crippen LogP contribution in [0.15, 0.2) is 67.6 Å². The fraction of sp³-hybridized carbons (Fsp3) is 0.185. The second kappa shape index (κ2) is 10.9. The van der Waals surface area contributed by atoms with E-state index in [1.165, 1.54) is 18.5 Å². The maximum Gasteiger partial charge on any atom is 0.246 e. The summed E-state index contributed by atoms with van der Waals surface area (Å²) in [6, 6.07) is 14.3. The number of nitrogens with zero attached hydrogens (tertiary/aromatic N) is 5. The molecule has 1 amide bonds. The molecule has 178 valence electrons. The van der Waals surface area contributed by atoms with Crippen LogP contribution in [0.1, 0.15) is 35.2 Å². The van der Waals surface area contributed by atoms with Crippen LogP contribution < -0.4 is 10.1 Å². The van der Waals surface area contributed by atoms with Crippen molar-refractivity contribution in [3.8, 4) is 23.6 Å². The summed E-state index contributed by atoms with van der Waals surface area (Å²) < 4.78 is 5.78. The maximum atomic E-state index is 12.1. The van der Waals surface area contributed by atoms with E-state index >= 15 is 0 Å². The molecule has 2 aromatic heterocycles. The number of ether oxygens (including phenoxy) is 1. The first-order valence-electron chi connectivity index (χ1n) is 11.3. The first-order valence-corrected chi connectivity index (χ1v) is 11.3. The molecule has 0 bridgehead atoms. The Morgan fingerprint density at radius 3 is 2.75 bits per heavy atom. The SMILES string of the molecule is C=CC(=O)N1CCCC(Nc2c(C#N)cncc2C(=N)c2ccc(Oc3cccnc3C#N)cc2)C1. The molecule has 1 aromatic carbocycles. The van der Waals surface area contributed by atoms with Crippen molar-refractivity contribution in [2.45, 2.75) is 18.9 Å². The highest BCUT2D eigenvalue weighted by Crippen LogP contribution is 2.28. The highest BCUT2D eigenvalue weighted by atomic mass is 16.5. The molecule has 0 aliphatic carbocycles. The molecule has 1 aliphatic rings. The summed E-state index contributed by atoms with van der Waals surface area (Å²) in [6.45, 7) is 4.71. The lowest BCUT2D eigenvalue weighted by Crippen LogP contribution is -2.44. The topological polar surface area (TPSA) is 139 Å². The Balaban J connectivity index is 1.56. The smallest absolute Gasteiger partial charge is 0.246 e. The number of aromatic nitrogens is 2. The third-order valence-electron chi connectivity index (χ3n) is 5.84. The molecule has 3 heterocycles. The number of carbonyl (C=O) groups excluding carboxylic acids is 1. The molecular formula is C27H23N7O2. The van der Waals surface area contributed by atoms with Gasteiger partial charge in [-0.1, -0.05) is 6.58 Å². The van der Waals surface area contributed by atoms with E-state index in [4.69, 9.17) is 10.1 Å². The average molecular weight is 478 g/mol. The number of carbonyl (C=O) groups is 1. The van der Waals surface area contributed by atoms with Crippen LogP contribution in [0.4, 0.5) is 5.69 Å². The maximum absolute atomic E-state index is 12.1. The van der Waals surface area contributed by atoms with Crippen LogP contribution in [0.3, 0.4) is 0 Å². The van der Waals surface area contributed by atoms with Gasteiger partial charge in [0.25, 0.3) is 0 Å². The van der Waals surface area contributed by atoms with Crippen LogP contribution in [0.5, 0.6) is 11.5 Å². The van der Waals surface area contributed by atoms with Crippen molar-refractivity contribution >= 4 is 17.3 Å². The Labute approximate surface area is 208 Å². The number of likely N-dealkylation sites (tertiary alicyclic amines) is 1. The van der Waals surface area contributed by atoms with Crippen LogP contribution >= 0.6 is 0 Å². The summed E-state index contributed by atoms with van der Waals surface area (Å²) in [5.41, 5.74) is 2.29. The highest BCUT2D eigenvalue weighted by Gasteiger charge is 2.24. The van der Waals surface area contributed by atoms with Gasteiger partial charge in [0, 0.05) is 48.8 Å². The first kappa shape index (κ1) is 24.1. The zero-order valence-corrected chi connectivity index (χ0v) is 19.4. The molecule has 9 heteroatoms. The number of nitrogens with one attached hydrogen (secondary N) is 2. The number of hydrogen-bond acceptors (Lipinski definition) is 8. The van der Waals surface area contributed by atoms with Crippen molar-refractivity contribution in [3.05, 3.63) is 90.0 Å². The van der Waals surface area contributed by atoms with Gasteiger partial charge in [-0.15, -0.1) is 0 Å². The highest BCUT2D eigenvalue weighted by molar-refractivity contribution is 6.14. The Morgan fingerprint density at radius 1 is 1.22 bits per heavy atom.